The molecule has 1 aliphatic carbocycles. The highest BCUT2D eigenvalue weighted by Gasteiger charge is 2.52. The molecule has 1 aromatic rings. The molecule has 1 saturated carbocycles. The maximum Gasteiger partial charge on any atom is 0.243 e. The van der Waals surface area contributed by atoms with E-state index < -0.39 is 10.0 Å². The second-order valence-corrected chi connectivity index (χ2v) is 8.30. The zero-order valence-corrected chi connectivity index (χ0v) is 13.9. The molecule has 0 N–H and O–H groups in total. The number of hydrogen-bond acceptors (Lipinski definition) is 4. The largest absolute Gasteiger partial charge is 0.497 e. The van der Waals surface area contributed by atoms with Crippen LogP contribution in [0.4, 0.5) is 0 Å². The number of nitrogens with zero attached hydrogens (tertiary/aromatic N) is 1. The van der Waals surface area contributed by atoms with E-state index in [9.17, 15) is 8.42 Å². The van der Waals surface area contributed by atoms with Crippen LogP contribution in [0.3, 0.4) is 0 Å². The molecule has 0 amide bonds. The van der Waals surface area contributed by atoms with Crippen molar-refractivity contribution in [1.29, 1.82) is 0 Å². The van der Waals surface area contributed by atoms with Gasteiger partial charge in [0.25, 0.3) is 0 Å². The molecule has 2 fully saturated rings. The summed E-state index contributed by atoms with van der Waals surface area (Å²) in [6.45, 7) is 1.80. The van der Waals surface area contributed by atoms with Gasteiger partial charge in [-0.15, -0.1) is 0 Å². The van der Waals surface area contributed by atoms with Crippen molar-refractivity contribution in [3.05, 3.63) is 24.3 Å². The molecule has 22 heavy (non-hydrogen) atoms. The maximum absolute atomic E-state index is 12.9. The van der Waals surface area contributed by atoms with Crippen LogP contribution in [-0.4, -0.2) is 46.6 Å². The number of sulfonamides is 1. The molecule has 5 nitrogen and oxygen atoms in total. The van der Waals surface area contributed by atoms with E-state index in [1.165, 1.54) is 6.42 Å². The van der Waals surface area contributed by atoms with Crippen LogP contribution in [0.5, 0.6) is 5.75 Å². The molecule has 3 rings (SSSR count). The monoisotopic (exact) mass is 325 g/mol. The standard InChI is InChI=1S/C16H23NO4S/c1-20-12-16-8-4-5-13(16)10-17(11-16)22(18,19)15-7-3-6-14(9-15)21-2/h3,6-7,9,13H,4-5,8,10-12H2,1-2H3/t13-,16-/m1/s1. The molecule has 122 valence electrons. The Kier molecular flexibility index (Phi) is 4.18. The van der Waals surface area contributed by atoms with Crippen LogP contribution >= 0.6 is 0 Å². The summed E-state index contributed by atoms with van der Waals surface area (Å²) < 4.78 is 38.0. The summed E-state index contributed by atoms with van der Waals surface area (Å²) in [6.07, 6.45) is 3.31. The van der Waals surface area contributed by atoms with Crippen LogP contribution in [0.2, 0.25) is 0 Å². The summed E-state index contributed by atoms with van der Waals surface area (Å²) >= 11 is 0. The number of ether oxygens (including phenoxy) is 2. The van der Waals surface area contributed by atoms with Crippen molar-refractivity contribution in [3.8, 4) is 5.75 Å². The molecule has 0 aromatic heterocycles. The van der Waals surface area contributed by atoms with Gasteiger partial charge < -0.3 is 9.47 Å². The fourth-order valence-corrected chi connectivity index (χ4v) is 5.60. The van der Waals surface area contributed by atoms with Crippen molar-refractivity contribution >= 4 is 10.0 Å². The van der Waals surface area contributed by atoms with Crippen LogP contribution in [0.1, 0.15) is 19.3 Å². The highest BCUT2D eigenvalue weighted by molar-refractivity contribution is 7.89. The Balaban J connectivity index is 1.88. The van der Waals surface area contributed by atoms with E-state index in [2.05, 4.69) is 0 Å². The van der Waals surface area contributed by atoms with Crippen molar-refractivity contribution in [3.63, 3.8) is 0 Å². The van der Waals surface area contributed by atoms with Gasteiger partial charge in [-0.05, 0) is 30.9 Å². The first-order valence-electron chi connectivity index (χ1n) is 7.65. The summed E-state index contributed by atoms with van der Waals surface area (Å²) in [6, 6.07) is 6.69. The van der Waals surface area contributed by atoms with E-state index in [1.807, 2.05) is 0 Å². The molecule has 0 unspecified atom stereocenters. The normalized spacial score (nSPS) is 28.7. The van der Waals surface area contributed by atoms with Gasteiger partial charge in [-0.1, -0.05) is 12.5 Å². The Labute approximate surface area is 132 Å². The summed E-state index contributed by atoms with van der Waals surface area (Å²) in [4.78, 5) is 0.305. The van der Waals surface area contributed by atoms with Gasteiger partial charge in [0.2, 0.25) is 10.0 Å². The van der Waals surface area contributed by atoms with Crippen molar-refractivity contribution in [2.45, 2.75) is 24.2 Å². The van der Waals surface area contributed by atoms with Gasteiger partial charge >= 0.3 is 0 Å². The molecule has 2 atom stereocenters. The molecule has 0 radical (unpaired) electrons. The Hall–Kier alpha value is -1.11. The van der Waals surface area contributed by atoms with Crippen LogP contribution in [-0.2, 0) is 14.8 Å². The van der Waals surface area contributed by atoms with E-state index in [1.54, 1.807) is 42.8 Å². The van der Waals surface area contributed by atoms with Crippen LogP contribution in [0, 0.1) is 11.3 Å². The predicted octanol–water partition coefficient (Wildman–Crippen LogP) is 2.13. The summed E-state index contributed by atoms with van der Waals surface area (Å²) in [5.74, 6) is 0.972. The van der Waals surface area contributed by atoms with Crippen molar-refractivity contribution in [2.24, 2.45) is 11.3 Å². The summed E-state index contributed by atoms with van der Waals surface area (Å²) in [7, 11) is -0.233. The SMILES string of the molecule is COC[C@]12CCC[C@@H]1CN(S(=O)(=O)c1cccc(OC)c1)C2. The lowest BCUT2D eigenvalue weighted by molar-refractivity contribution is 0.0738. The molecular formula is C16H23NO4S. The van der Waals surface area contributed by atoms with Crippen molar-refractivity contribution < 1.29 is 17.9 Å². The second-order valence-electron chi connectivity index (χ2n) is 6.36. The third kappa shape index (κ3) is 2.53. The summed E-state index contributed by atoms with van der Waals surface area (Å²) in [5, 5.41) is 0. The molecule has 1 saturated heterocycles. The van der Waals surface area contributed by atoms with Crippen LogP contribution in [0.25, 0.3) is 0 Å². The first-order chi connectivity index (χ1) is 10.5. The smallest absolute Gasteiger partial charge is 0.243 e. The molecule has 0 spiro atoms. The lowest BCUT2D eigenvalue weighted by Crippen LogP contribution is -2.34. The minimum atomic E-state index is -3.47. The van der Waals surface area contributed by atoms with Crippen LogP contribution in [0.15, 0.2) is 29.2 Å². The number of hydrogen-bond donors (Lipinski definition) is 0. The Morgan fingerprint density at radius 2 is 2.18 bits per heavy atom. The predicted molar refractivity (Wildman–Crippen MR) is 83.4 cm³/mol. The van der Waals surface area contributed by atoms with Gasteiger partial charge in [0.05, 0.1) is 18.6 Å². The number of rotatable bonds is 5. The molecule has 1 aromatic carbocycles. The van der Waals surface area contributed by atoms with E-state index in [4.69, 9.17) is 9.47 Å². The Bertz CT molecular complexity index is 645. The average molecular weight is 325 g/mol. The van der Waals surface area contributed by atoms with E-state index in [0.29, 0.717) is 36.3 Å². The molecule has 1 aliphatic heterocycles. The number of methoxy groups -OCH3 is 2. The van der Waals surface area contributed by atoms with Crippen molar-refractivity contribution in [1.82, 2.24) is 4.31 Å². The summed E-state index contributed by atoms with van der Waals surface area (Å²) in [5.41, 5.74) is 0.000681. The maximum atomic E-state index is 12.9. The minimum absolute atomic E-state index is 0.000681. The van der Waals surface area contributed by atoms with Crippen LogP contribution < -0.4 is 4.74 Å². The zero-order valence-electron chi connectivity index (χ0n) is 13.1. The average Bonchev–Trinajstić information content (AvgIpc) is 3.04. The van der Waals surface area contributed by atoms with Gasteiger partial charge in [-0.25, -0.2) is 8.42 Å². The number of benzene rings is 1. The third-order valence-electron chi connectivity index (χ3n) is 5.12. The van der Waals surface area contributed by atoms with Gasteiger partial charge in [0.15, 0.2) is 0 Å². The zero-order chi connectivity index (χ0) is 15.8. The second kappa shape index (κ2) is 5.83. The lowest BCUT2D eigenvalue weighted by Gasteiger charge is -2.27. The Morgan fingerprint density at radius 3 is 2.91 bits per heavy atom. The molecule has 0 bridgehead atoms. The Morgan fingerprint density at radius 1 is 1.36 bits per heavy atom. The first kappa shape index (κ1) is 15.8. The highest BCUT2D eigenvalue weighted by atomic mass is 32.2. The molecule has 2 aliphatic rings. The van der Waals surface area contributed by atoms with E-state index in [-0.39, 0.29) is 5.41 Å². The van der Waals surface area contributed by atoms with Gasteiger partial charge in [-0.2, -0.15) is 4.31 Å². The van der Waals surface area contributed by atoms with Gasteiger partial charge in [-0.3, -0.25) is 0 Å². The highest BCUT2D eigenvalue weighted by Crippen LogP contribution is 2.50. The fraction of sp³-hybridized carbons (Fsp3) is 0.625. The van der Waals surface area contributed by atoms with Gasteiger partial charge in [0, 0.05) is 31.7 Å². The molecular weight excluding hydrogens is 302 g/mol. The number of fused-ring (bicyclic) bond motifs is 1. The minimum Gasteiger partial charge on any atom is -0.497 e. The molecule has 6 heteroatoms. The van der Waals surface area contributed by atoms with Gasteiger partial charge in [0.1, 0.15) is 5.75 Å². The quantitative estimate of drug-likeness (QED) is 0.832. The molecule has 1 heterocycles. The first-order valence-corrected chi connectivity index (χ1v) is 9.09. The fourth-order valence-electron chi connectivity index (χ4n) is 3.98. The van der Waals surface area contributed by atoms with Crippen molar-refractivity contribution in [2.75, 3.05) is 33.9 Å². The van der Waals surface area contributed by atoms with E-state index in [0.717, 1.165) is 12.8 Å². The lowest BCUT2D eigenvalue weighted by atomic mass is 9.82. The van der Waals surface area contributed by atoms with E-state index >= 15 is 0 Å². The third-order valence-corrected chi connectivity index (χ3v) is 6.93. The topological polar surface area (TPSA) is 55.8 Å².